The Balaban J connectivity index is 2.13. The zero-order valence-electron chi connectivity index (χ0n) is 13.7. The second-order valence-electron chi connectivity index (χ2n) is 5.82. The van der Waals surface area contributed by atoms with Gasteiger partial charge in [-0.3, -0.25) is 4.79 Å². The van der Waals surface area contributed by atoms with Gasteiger partial charge in [-0.15, -0.1) is 0 Å². The van der Waals surface area contributed by atoms with E-state index in [1.165, 1.54) is 0 Å². The number of ether oxygens (including phenoxy) is 1. The number of carboxylic acids is 1. The fraction of sp³-hybridized carbons (Fsp3) is 0.263. The fourth-order valence-electron chi connectivity index (χ4n) is 2.39. The summed E-state index contributed by atoms with van der Waals surface area (Å²) in [5.41, 5.74) is 1.47. The van der Waals surface area contributed by atoms with Crippen molar-refractivity contribution in [3.8, 4) is 5.75 Å². The first-order chi connectivity index (χ1) is 11.5. The molecule has 0 spiro atoms. The van der Waals surface area contributed by atoms with E-state index >= 15 is 0 Å². The first-order valence-electron chi connectivity index (χ1n) is 7.78. The third-order valence-electron chi connectivity index (χ3n) is 3.57. The molecule has 0 fully saturated rings. The Morgan fingerprint density at radius 1 is 1.08 bits per heavy atom. The molecule has 5 nitrogen and oxygen atoms in total. The number of hydrogen-bond acceptors (Lipinski definition) is 3. The van der Waals surface area contributed by atoms with E-state index in [-0.39, 0.29) is 17.9 Å². The summed E-state index contributed by atoms with van der Waals surface area (Å²) < 4.78 is 5.12. The Bertz CT molecular complexity index is 698. The third-order valence-corrected chi connectivity index (χ3v) is 3.57. The maximum atomic E-state index is 12.5. The van der Waals surface area contributed by atoms with Crippen LogP contribution in [-0.4, -0.2) is 23.6 Å². The molecular weight excluding hydrogens is 306 g/mol. The number of carboxylic acid groups (broad SMARTS) is 1. The van der Waals surface area contributed by atoms with Crippen LogP contribution >= 0.6 is 0 Å². The third kappa shape index (κ3) is 4.84. The predicted octanol–water partition coefficient (Wildman–Crippen LogP) is 3.28. The number of carbonyl (C=O) groups excluding carboxylic acids is 1. The van der Waals surface area contributed by atoms with Crippen LogP contribution in [0.4, 0.5) is 0 Å². The molecule has 126 valence electrons. The quantitative estimate of drug-likeness (QED) is 0.818. The van der Waals surface area contributed by atoms with Gasteiger partial charge in [-0.25, -0.2) is 4.79 Å². The number of nitrogens with one attached hydrogen (secondary N) is 1. The topological polar surface area (TPSA) is 75.6 Å². The molecule has 0 aliphatic heterocycles. The molecule has 2 aromatic carbocycles. The molecule has 2 rings (SSSR count). The van der Waals surface area contributed by atoms with E-state index < -0.39 is 12.6 Å². The van der Waals surface area contributed by atoms with Gasteiger partial charge < -0.3 is 15.2 Å². The molecule has 0 saturated heterocycles. The first kappa shape index (κ1) is 17.5. The summed E-state index contributed by atoms with van der Waals surface area (Å²) in [7, 11) is 0. The van der Waals surface area contributed by atoms with Gasteiger partial charge in [0.2, 0.25) is 0 Å². The molecule has 5 heteroatoms. The molecule has 2 aromatic rings. The SMILES string of the molecule is CC(C)C(NC(=O)c1cccc(OCC(=O)O)c1)c1ccccc1. The van der Waals surface area contributed by atoms with Crippen molar-refractivity contribution in [1.82, 2.24) is 5.32 Å². The van der Waals surface area contributed by atoms with E-state index in [1.54, 1.807) is 24.3 Å². The average molecular weight is 327 g/mol. The summed E-state index contributed by atoms with van der Waals surface area (Å²) in [4.78, 5) is 23.1. The highest BCUT2D eigenvalue weighted by atomic mass is 16.5. The highest BCUT2D eigenvalue weighted by Crippen LogP contribution is 2.22. The summed E-state index contributed by atoms with van der Waals surface area (Å²) in [5, 5.41) is 11.7. The second-order valence-corrected chi connectivity index (χ2v) is 5.82. The highest BCUT2D eigenvalue weighted by molar-refractivity contribution is 5.94. The maximum absolute atomic E-state index is 12.5. The van der Waals surface area contributed by atoms with Gasteiger partial charge in [-0.2, -0.15) is 0 Å². The van der Waals surface area contributed by atoms with Crippen molar-refractivity contribution in [2.75, 3.05) is 6.61 Å². The molecule has 0 heterocycles. The Morgan fingerprint density at radius 2 is 1.79 bits per heavy atom. The van der Waals surface area contributed by atoms with Gasteiger partial charge in [0.05, 0.1) is 6.04 Å². The van der Waals surface area contributed by atoms with E-state index in [2.05, 4.69) is 5.32 Å². The Morgan fingerprint density at radius 3 is 2.42 bits per heavy atom. The maximum Gasteiger partial charge on any atom is 0.341 e. The van der Waals surface area contributed by atoms with Crippen LogP contribution in [0.5, 0.6) is 5.75 Å². The number of carbonyl (C=O) groups is 2. The van der Waals surface area contributed by atoms with Crippen molar-refractivity contribution in [2.24, 2.45) is 5.92 Å². The van der Waals surface area contributed by atoms with Gasteiger partial charge >= 0.3 is 5.97 Å². The van der Waals surface area contributed by atoms with Crippen LogP contribution in [0.25, 0.3) is 0 Å². The van der Waals surface area contributed by atoms with Gasteiger partial charge in [0.15, 0.2) is 6.61 Å². The van der Waals surface area contributed by atoms with Crippen LogP contribution in [0.1, 0.15) is 35.8 Å². The highest BCUT2D eigenvalue weighted by Gasteiger charge is 2.19. The van der Waals surface area contributed by atoms with Crippen molar-refractivity contribution >= 4 is 11.9 Å². The zero-order valence-corrected chi connectivity index (χ0v) is 13.7. The summed E-state index contributed by atoms with van der Waals surface area (Å²) >= 11 is 0. The standard InChI is InChI=1S/C19H21NO4/c1-13(2)18(14-7-4-3-5-8-14)20-19(23)15-9-6-10-16(11-15)24-12-17(21)22/h3-11,13,18H,12H2,1-2H3,(H,20,23)(H,21,22). The number of hydrogen-bond donors (Lipinski definition) is 2. The fourth-order valence-corrected chi connectivity index (χ4v) is 2.39. The molecule has 24 heavy (non-hydrogen) atoms. The van der Waals surface area contributed by atoms with Crippen LogP contribution in [0.2, 0.25) is 0 Å². The lowest BCUT2D eigenvalue weighted by Gasteiger charge is -2.23. The van der Waals surface area contributed by atoms with Crippen molar-refractivity contribution < 1.29 is 19.4 Å². The van der Waals surface area contributed by atoms with Gasteiger partial charge in [-0.05, 0) is 29.7 Å². The molecule has 0 bridgehead atoms. The molecule has 0 aromatic heterocycles. The van der Waals surface area contributed by atoms with Gasteiger partial charge in [-0.1, -0.05) is 50.2 Å². The predicted molar refractivity (Wildman–Crippen MR) is 91.1 cm³/mol. The van der Waals surface area contributed by atoms with Crippen LogP contribution in [-0.2, 0) is 4.79 Å². The monoisotopic (exact) mass is 327 g/mol. The number of aliphatic carboxylic acids is 1. The number of rotatable bonds is 7. The Kier molecular flexibility index (Phi) is 5.95. The lowest BCUT2D eigenvalue weighted by molar-refractivity contribution is -0.139. The van der Waals surface area contributed by atoms with Crippen LogP contribution in [0.3, 0.4) is 0 Å². The minimum absolute atomic E-state index is 0.109. The molecule has 0 aliphatic rings. The van der Waals surface area contributed by atoms with Gasteiger partial charge in [0.1, 0.15) is 5.75 Å². The Labute approximate surface area is 141 Å². The van der Waals surface area contributed by atoms with Crippen LogP contribution in [0, 0.1) is 5.92 Å². The van der Waals surface area contributed by atoms with E-state index in [4.69, 9.17) is 9.84 Å². The summed E-state index contributed by atoms with van der Waals surface area (Å²) in [5.74, 6) is -0.708. The van der Waals surface area contributed by atoms with E-state index in [9.17, 15) is 9.59 Å². The van der Waals surface area contributed by atoms with Crippen LogP contribution in [0.15, 0.2) is 54.6 Å². The molecular formula is C19H21NO4. The second kappa shape index (κ2) is 8.15. The molecule has 1 amide bonds. The lowest BCUT2D eigenvalue weighted by Crippen LogP contribution is -2.31. The van der Waals surface area contributed by atoms with E-state index in [1.807, 2.05) is 44.2 Å². The van der Waals surface area contributed by atoms with Crippen molar-refractivity contribution in [2.45, 2.75) is 19.9 Å². The molecule has 0 saturated carbocycles. The van der Waals surface area contributed by atoms with Crippen molar-refractivity contribution in [3.05, 3.63) is 65.7 Å². The van der Waals surface area contributed by atoms with Crippen molar-refractivity contribution in [3.63, 3.8) is 0 Å². The van der Waals surface area contributed by atoms with Gasteiger partial charge in [0.25, 0.3) is 5.91 Å². The smallest absolute Gasteiger partial charge is 0.341 e. The van der Waals surface area contributed by atoms with E-state index in [0.29, 0.717) is 11.3 Å². The number of benzene rings is 2. The Hall–Kier alpha value is -2.82. The first-order valence-corrected chi connectivity index (χ1v) is 7.78. The normalized spacial score (nSPS) is 11.8. The molecule has 2 N–H and O–H groups in total. The average Bonchev–Trinajstić information content (AvgIpc) is 2.58. The molecule has 0 radical (unpaired) electrons. The molecule has 1 unspecified atom stereocenters. The largest absolute Gasteiger partial charge is 0.482 e. The van der Waals surface area contributed by atoms with Crippen LogP contribution < -0.4 is 10.1 Å². The van der Waals surface area contributed by atoms with E-state index in [0.717, 1.165) is 5.56 Å². The lowest BCUT2D eigenvalue weighted by atomic mass is 9.95. The zero-order chi connectivity index (χ0) is 17.5. The molecule has 1 atom stereocenters. The summed E-state index contributed by atoms with van der Waals surface area (Å²) in [6, 6.07) is 16.2. The summed E-state index contributed by atoms with van der Waals surface area (Å²) in [6.45, 7) is 3.65. The number of amides is 1. The summed E-state index contributed by atoms with van der Waals surface area (Å²) in [6.07, 6.45) is 0. The minimum Gasteiger partial charge on any atom is -0.482 e. The van der Waals surface area contributed by atoms with Crippen molar-refractivity contribution in [1.29, 1.82) is 0 Å². The molecule has 0 aliphatic carbocycles. The van der Waals surface area contributed by atoms with Gasteiger partial charge in [0, 0.05) is 5.56 Å². The minimum atomic E-state index is -1.06.